The monoisotopic (exact) mass is 366 g/mol. The molecule has 0 heterocycles. The van der Waals surface area contributed by atoms with E-state index in [4.69, 9.17) is 27.9 Å². The highest BCUT2D eigenvalue weighted by atomic mass is 35.5. The summed E-state index contributed by atoms with van der Waals surface area (Å²) >= 11 is 11.9. The van der Waals surface area contributed by atoms with Crippen molar-refractivity contribution in [2.24, 2.45) is 0 Å². The summed E-state index contributed by atoms with van der Waals surface area (Å²) in [4.78, 5) is 24.0. The van der Waals surface area contributed by atoms with E-state index in [0.29, 0.717) is 27.0 Å². The molecule has 0 aromatic heterocycles. The first-order chi connectivity index (χ1) is 11.5. The van der Waals surface area contributed by atoms with Gasteiger partial charge in [-0.05, 0) is 37.3 Å². The van der Waals surface area contributed by atoms with E-state index < -0.39 is 5.97 Å². The van der Waals surface area contributed by atoms with E-state index in [1.807, 2.05) is 0 Å². The SMILES string of the molecule is CCOC(=O)c1ccccc1NC(=O)CNc1ccc(Cl)cc1Cl. The lowest BCUT2D eigenvalue weighted by Gasteiger charge is -2.12. The summed E-state index contributed by atoms with van der Waals surface area (Å²) in [7, 11) is 0. The van der Waals surface area contributed by atoms with Gasteiger partial charge in [-0.3, -0.25) is 4.79 Å². The molecule has 0 aliphatic carbocycles. The number of ether oxygens (including phenoxy) is 1. The van der Waals surface area contributed by atoms with E-state index in [-0.39, 0.29) is 19.1 Å². The van der Waals surface area contributed by atoms with Gasteiger partial charge in [0.25, 0.3) is 0 Å². The van der Waals surface area contributed by atoms with E-state index in [9.17, 15) is 9.59 Å². The summed E-state index contributed by atoms with van der Waals surface area (Å²) in [5, 5.41) is 6.53. The number of nitrogens with one attached hydrogen (secondary N) is 2. The van der Waals surface area contributed by atoms with Crippen LogP contribution in [0.4, 0.5) is 11.4 Å². The van der Waals surface area contributed by atoms with Gasteiger partial charge < -0.3 is 15.4 Å². The van der Waals surface area contributed by atoms with Gasteiger partial charge in [-0.25, -0.2) is 4.79 Å². The average Bonchev–Trinajstić information content (AvgIpc) is 2.54. The molecule has 126 valence electrons. The summed E-state index contributed by atoms with van der Waals surface area (Å²) in [5.41, 5.74) is 1.29. The summed E-state index contributed by atoms with van der Waals surface area (Å²) < 4.78 is 4.97. The summed E-state index contributed by atoms with van der Waals surface area (Å²) in [6, 6.07) is 11.6. The number of hydrogen-bond donors (Lipinski definition) is 2. The molecule has 0 saturated carbocycles. The van der Waals surface area contributed by atoms with Gasteiger partial charge in [0, 0.05) is 5.02 Å². The number of esters is 1. The molecule has 2 rings (SSSR count). The maximum Gasteiger partial charge on any atom is 0.340 e. The van der Waals surface area contributed by atoms with Crippen LogP contribution >= 0.6 is 23.2 Å². The molecule has 0 unspecified atom stereocenters. The maximum atomic E-state index is 12.1. The zero-order valence-corrected chi connectivity index (χ0v) is 14.4. The maximum absolute atomic E-state index is 12.1. The number of hydrogen-bond acceptors (Lipinski definition) is 4. The second-order valence-corrected chi connectivity index (χ2v) is 5.64. The van der Waals surface area contributed by atoms with Crippen LogP contribution in [0.25, 0.3) is 0 Å². The quantitative estimate of drug-likeness (QED) is 0.751. The van der Waals surface area contributed by atoms with Crippen molar-refractivity contribution in [3.63, 3.8) is 0 Å². The fraction of sp³-hybridized carbons (Fsp3) is 0.176. The molecule has 0 spiro atoms. The molecular weight excluding hydrogens is 351 g/mol. The molecule has 1 amide bonds. The smallest absolute Gasteiger partial charge is 0.340 e. The van der Waals surface area contributed by atoms with Crippen molar-refractivity contribution in [1.82, 2.24) is 0 Å². The predicted molar refractivity (Wildman–Crippen MR) is 96.0 cm³/mol. The number of anilines is 2. The van der Waals surface area contributed by atoms with Crippen LogP contribution in [0.2, 0.25) is 10.0 Å². The third-order valence-corrected chi connectivity index (χ3v) is 3.61. The summed E-state index contributed by atoms with van der Waals surface area (Å²) in [5.74, 6) is -0.806. The zero-order valence-electron chi connectivity index (χ0n) is 12.9. The van der Waals surface area contributed by atoms with Gasteiger partial charge in [0.1, 0.15) is 0 Å². The van der Waals surface area contributed by atoms with Gasteiger partial charge in [0.15, 0.2) is 0 Å². The Morgan fingerprint density at radius 2 is 1.83 bits per heavy atom. The van der Waals surface area contributed by atoms with E-state index in [1.54, 1.807) is 49.4 Å². The number of carbonyl (C=O) groups is 2. The van der Waals surface area contributed by atoms with E-state index in [2.05, 4.69) is 10.6 Å². The molecule has 7 heteroatoms. The summed E-state index contributed by atoms with van der Waals surface area (Å²) in [6.07, 6.45) is 0. The molecule has 0 saturated heterocycles. The minimum absolute atomic E-state index is 0.0154. The first kappa shape index (κ1) is 18.1. The van der Waals surface area contributed by atoms with Crippen molar-refractivity contribution in [1.29, 1.82) is 0 Å². The average molecular weight is 367 g/mol. The molecule has 24 heavy (non-hydrogen) atoms. The van der Waals surface area contributed by atoms with Crippen LogP contribution in [0.5, 0.6) is 0 Å². The molecule has 0 aliphatic rings. The molecule has 0 aliphatic heterocycles. The highest BCUT2D eigenvalue weighted by Gasteiger charge is 2.14. The van der Waals surface area contributed by atoms with Crippen LogP contribution in [0, 0.1) is 0 Å². The summed E-state index contributed by atoms with van der Waals surface area (Å²) in [6.45, 7) is 1.97. The number of benzene rings is 2. The molecule has 0 fully saturated rings. The van der Waals surface area contributed by atoms with Crippen LogP contribution in [0.1, 0.15) is 17.3 Å². The Bertz CT molecular complexity index is 750. The van der Waals surface area contributed by atoms with Crippen molar-refractivity contribution in [3.8, 4) is 0 Å². The number of amides is 1. The molecule has 2 aromatic carbocycles. The van der Waals surface area contributed by atoms with Crippen LogP contribution < -0.4 is 10.6 Å². The van der Waals surface area contributed by atoms with Crippen molar-refractivity contribution in [3.05, 3.63) is 58.1 Å². The van der Waals surface area contributed by atoms with Crippen molar-refractivity contribution < 1.29 is 14.3 Å². The molecule has 0 atom stereocenters. The predicted octanol–water partition coefficient (Wildman–Crippen LogP) is 4.22. The number of para-hydroxylation sites is 1. The Kier molecular flexibility index (Phi) is 6.46. The number of halogens is 2. The molecule has 2 aromatic rings. The third kappa shape index (κ3) is 4.88. The van der Waals surface area contributed by atoms with E-state index in [0.717, 1.165) is 0 Å². The molecule has 0 bridgehead atoms. The van der Waals surface area contributed by atoms with E-state index in [1.165, 1.54) is 0 Å². The Hall–Kier alpha value is -2.24. The van der Waals surface area contributed by atoms with Gasteiger partial charge in [0.2, 0.25) is 5.91 Å². The highest BCUT2D eigenvalue weighted by Crippen LogP contribution is 2.25. The minimum atomic E-state index is -0.484. The first-order valence-electron chi connectivity index (χ1n) is 7.26. The molecular formula is C17H16Cl2N2O3. The van der Waals surface area contributed by atoms with Crippen molar-refractivity contribution in [2.75, 3.05) is 23.8 Å². The van der Waals surface area contributed by atoms with Gasteiger partial charge >= 0.3 is 5.97 Å². The van der Waals surface area contributed by atoms with Crippen molar-refractivity contribution >= 4 is 46.5 Å². The van der Waals surface area contributed by atoms with Gasteiger partial charge in [0.05, 0.1) is 35.1 Å². The lowest BCUT2D eigenvalue weighted by atomic mass is 10.2. The fourth-order valence-electron chi connectivity index (χ4n) is 1.98. The Morgan fingerprint density at radius 3 is 2.54 bits per heavy atom. The topological polar surface area (TPSA) is 67.4 Å². The van der Waals surface area contributed by atoms with Gasteiger partial charge in [-0.1, -0.05) is 35.3 Å². The Labute approximate surface area is 149 Å². The van der Waals surface area contributed by atoms with Crippen LogP contribution in [0.3, 0.4) is 0 Å². The molecule has 2 N–H and O–H groups in total. The Balaban J connectivity index is 2.01. The lowest BCUT2D eigenvalue weighted by Crippen LogP contribution is -2.23. The normalized spacial score (nSPS) is 10.1. The van der Waals surface area contributed by atoms with Crippen LogP contribution in [0.15, 0.2) is 42.5 Å². The van der Waals surface area contributed by atoms with Gasteiger partial charge in [-0.15, -0.1) is 0 Å². The van der Waals surface area contributed by atoms with Crippen LogP contribution in [-0.4, -0.2) is 25.0 Å². The standard InChI is InChI=1S/C17H16Cl2N2O3/c1-2-24-17(23)12-5-3-4-6-14(12)21-16(22)10-20-15-8-7-11(18)9-13(15)19/h3-9,20H,2,10H2,1H3,(H,21,22). The Morgan fingerprint density at radius 1 is 1.08 bits per heavy atom. The first-order valence-corrected chi connectivity index (χ1v) is 8.01. The van der Waals surface area contributed by atoms with Crippen molar-refractivity contribution in [2.45, 2.75) is 6.92 Å². The van der Waals surface area contributed by atoms with Gasteiger partial charge in [-0.2, -0.15) is 0 Å². The highest BCUT2D eigenvalue weighted by molar-refractivity contribution is 6.36. The second kappa shape index (κ2) is 8.57. The zero-order chi connectivity index (χ0) is 17.5. The molecule has 5 nitrogen and oxygen atoms in total. The third-order valence-electron chi connectivity index (χ3n) is 3.07. The van der Waals surface area contributed by atoms with Crippen LogP contribution in [-0.2, 0) is 9.53 Å². The van der Waals surface area contributed by atoms with E-state index >= 15 is 0 Å². The number of rotatable bonds is 6. The fourth-order valence-corrected chi connectivity index (χ4v) is 2.46. The second-order valence-electron chi connectivity index (χ2n) is 4.79. The minimum Gasteiger partial charge on any atom is -0.462 e. The molecule has 0 radical (unpaired) electrons. The largest absolute Gasteiger partial charge is 0.462 e. The lowest BCUT2D eigenvalue weighted by molar-refractivity contribution is -0.114. The number of carbonyl (C=O) groups excluding carboxylic acids is 2.